The molecule has 162 valence electrons. The zero-order chi connectivity index (χ0) is 21.8. The van der Waals surface area contributed by atoms with E-state index in [2.05, 4.69) is 20.4 Å². The molecule has 5 N–H and O–H groups in total. The van der Waals surface area contributed by atoms with Gasteiger partial charge in [0, 0.05) is 52.9 Å². The van der Waals surface area contributed by atoms with Gasteiger partial charge >= 0.3 is 0 Å². The van der Waals surface area contributed by atoms with Crippen LogP contribution in [-0.2, 0) is 15.5 Å². The Hall–Kier alpha value is -3.08. The molecular weight excluding hydrogens is 414 g/mol. The first-order chi connectivity index (χ1) is 15.1. The summed E-state index contributed by atoms with van der Waals surface area (Å²) in [6.07, 6.45) is 4.59. The monoisotopic (exact) mass is 439 g/mol. The van der Waals surface area contributed by atoms with Gasteiger partial charge in [0.1, 0.15) is 17.5 Å². The number of ether oxygens (including phenoxy) is 1. The molecule has 3 aromatic rings. The highest BCUT2D eigenvalue weighted by molar-refractivity contribution is 7.84. The molecule has 4 rings (SSSR count). The molecule has 0 bridgehead atoms. The average Bonchev–Trinajstić information content (AvgIpc) is 3.31. The third-order valence-electron chi connectivity index (χ3n) is 5.23. The van der Waals surface area contributed by atoms with E-state index in [1.807, 2.05) is 30.3 Å². The molecule has 10 heteroatoms. The van der Waals surface area contributed by atoms with Gasteiger partial charge in [-0.15, -0.1) is 0 Å². The molecule has 9 nitrogen and oxygen atoms in total. The molecule has 2 atom stereocenters. The van der Waals surface area contributed by atoms with Crippen LogP contribution in [-0.4, -0.2) is 64.2 Å². The Morgan fingerprint density at radius 3 is 2.84 bits per heavy atom. The number of aromatic nitrogens is 3. The molecule has 0 aliphatic carbocycles. The molecule has 0 amide bonds. The van der Waals surface area contributed by atoms with Gasteiger partial charge in [0.15, 0.2) is 0 Å². The minimum absolute atomic E-state index is 0.0184. The maximum Gasteiger partial charge on any atom is 0.143 e. The number of morpholine rings is 1. The Morgan fingerprint density at radius 1 is 1.39 bits per heavy atom. The molecule has 0 radical (unpaired) electrons. The fourth-order valence-electron chi connectivity index (χ4n) is 3.60. The first-order valence-electron chi connectivity index (χ1n) is 9.91. The molecule has 1 saturated heterocycles. The summed E-state index contributed by atoms with van der Waals surface area (Å²) >= 11 is 0. The lowest BCUT2D eigenvalue weighted by Crippen LogP contribution is -2.49. The Balaban J connectivity index is 1.84. The maximum atomic E-state index is 11.8. The van der Waals surface area contributed by atoms with Gasteiger partial charge in [-0.2, -0.15) is 5.10 Å². The van der Waals surface area contributed by atoms with E-state index in [0.717, 1.165) is 21.8 Å². The SMILES string of the molecule is CS(=O)c1ccc(-c2cc(N3CCOC[C@H]3CN)nc(Nc3ccn[nH]3)c2C=N)cc1. The van der Waals surface area contributed by atoms with Crippen molar-refractivity contribution in [3.63, 3.8) is 0 Å². The molecular formula is C21H25N7O2S. The summed E-state index contributed by atoms with van der Waals surface area (Å²) in [6.45, 7) is 2.26. The highest BCUT2D eigenvalue weighted by atomic mass is 32.2. The highest BCUT2D eigenvalue weighted by Crippen LogP contribution is 2.33. The van der Waals surface area contributed by atoms with Crippen molar-refractivity contribution in [2.45, 2.75) is 10.9 Å². The smallest absolute Gasteiger partial charge is 0.143 e. The number of nitrogens with zero attached hydrogens (tertiary/aromatic N) is 3. The lowest BCUT2D eigenvalue weighted by Gasteiger charge is -2.36. The van der Waals surface area contributed by atoms with Crippen molar-refractivity contribution in [2.24, 2.45) is 5.73 Å². The van der Waals surface area contributed by atoms with Gasteiger partial charge in [-0.3, -0.25) is 9.31 Å². The van der Waals surface area contributed by atoms with Crippen molar-refractivity contribution in [3.8, 4) is 11.1 Å². The van der Waals surface area contributed by atoms with Crippen molar-refractivity contribution in [2.75, 3.05) is 42.8 Å². The maximum absolute atomic E-state index is 11.8. The predicted molar refractivity (Wildman–Crippen MR) is 123 cm³/mol. The van der Waals surface area contributed by atoms with Crippen molar-refractivity contribution in [1.82, 2.24) is 15.2 Å². The van der Waals surface area contributed by atoms with Crippen LogP contribution in [0.2, 0.25) is 0 Å². The van der Waals surface area contributed by atoms with Crippen LogP contribution < -0.4 is 16.0 Å². The second-order valence-corrected chi connectivity index (χ2v) is 8.55. The molecule has 0 saturated carbocycles. The van der Waals surface area contributed by atoms with Gasteiger partial charge in [0.05, 0.1) is 25.5 Å². The molecule has 1 aromatic carbocycles. The van der Waals surface area contributed by atoms with Gasteiger partial charge in [-0.1, -0.05) is 12.1 Å². The normalized spacial score (nSPS) is 17.4. The highest BCUT2D eigenvalue weighted by Gasteiger charge is 2.25. The van der Waals surface area contributed by atoms with E-state index in [0.29, 0.717) is 43.5 Å². The van der Waals surface area contributed by atoms with Crippen molar-refractivity contribution in [3.05, 3.63) is 48.2 Å². The molecule has 1 unspecified atom stereocenters. The summed E-state index contributed by atoms with van der Waals surface area (Å²) in [5, 5.41) is 18.2. The van der Waals surface area contributed by atoms with E-state index in [1.54, 1.807) is 18.5 Å². The van der Waals surface area contributed by atoms with E-state index in [9.17, 15) is 4.21 Å². The largest absolute Gasteiger partial charge is 0.377 e. The molecule has 2 aromatic heterocycles. The van der Waals surface area contributed by atoms with Gasteiger partial charge in [0.2, 0.25) is 0 Å². The van der Waals surface area contributed by atoms with Crippen LogP contribution in [0.4, 0.5) is 17.5 Å². The Morgan fingerprint density at radius 2 is 2.19 bits per heavy atom. The van der Waals surface area contributed by atoms with Crippen LogP contribution in [0.15, 0.2) is 47.5 Å². The molecule has 31 heavy (non-hydrogen) atoms. The van der Waals surface area contributed by atoms with Gasteiger partial charge in [0.25, 0.3) is 0 Å². The lowest BCUT2D eigenvalue weighted by atomic mass is 10.0. The number of hydrogen-bond acceptors (Lipinski definition) is 8. The lowest BCUT2D eigenvalue weighted by molar-refractivity contribution is 0.0959. The van der Waals surface area contributed by atoms with Crippen molar-refractivity contribution >= 4 is 34.5 Å². The molecule has 1 aliphatic heterocycles. The second-order valence-electron chi connectivity index (χ2n) is 7.17. The quantitative estimate of drug-likeness (QED) is 0.414. The summed E-state index contributed by atoms with van der Waals surface area (Å²) in [5.41, 5.74) is 8.37. The minimum atomic E-state index is -1.06. The summed E-state index contributed by atoms with van der Waals surface area (Å²) in [4.78, 5) is 7.73. The number of nitrogens with one attached hydrogen (secondary N) is 3. The fourth-order valence-corrected chi connectivity index (χ4v) is 4.12. The number of hydrogen-bond donors (Lipinski definition) is 4. The number of H-pyrrole nitrogens is 1. The summed E-state index contributed by atoms with van der Waals surface area (Å²) in [5.74, 6) is 1.97. The third kappa shape index (κ3) is 4.50. The van der Waals surface area contributed by atoms with E-state index in [1.165, 1.54) is 6.21 Å². The van der Waals surface area contributed by atoms with Gasteiger partial charge < -0.3 is 26.1 Å². The molecule has 1 fully saturated rings. The second kappa shape index (κ2) is 9.38. The Kier molecular flexibility index (Phi) is 6.40. The first kappa shape index (κ1) is 21.2. The number of nitrogens with two attached hydrogens (primary N) is 1. The van der Waals surface area contributed by atoms with Crippen LogP contribution >= 0.6 is 0 Å². The topological polar surface area (TPSA) is 133 Å². The van der Waals surface area contributed by atoms with Crippen molar-refractivity contribution in [1.29, 1.82) is 5.41 Å². The first-order valence-corrected chi connectivity index (χ1v) is 11.5. The fraction of sp³-hybridized carbons (Fsp3) is 0.286. The molecule has 1 aliphatic rings. The van der Waals surface area contributed by atoms with Gasteiger partial charge in [-0.05, 0) is 29.3 Å². The molecule has 3 heterocycles. The zero-order valence-electron chi connectivity index (χ0n) is 17.2. The number of anilines is 3. The summed E-state index contributed by atoms with van der Waals surface area (Å²) < 4.78 is 17.4. The minimum Gasteiger partial charge on any atom is -0.377 e. The van der Waals surface area contributed by atoms with E-state index < -0.39 is 10.8 Å². The standard InChI is InChI=1S/C21H25N7O2S/c1-31(29)16-4-2-14(3-5-16)17-10-20(28-8-9-30-13-15(28)11-22)26-21(18(17)12-23)25-19-6-7-24-27-19/h2-7,10,12,15,23H,8-9,11,13,22H2,1H3,(H2,24,25,26,27)/t15-,31?/m1/s1. The van der Waals surface area contributed by atoms with Crippen LogP contribution in [0.1, 0.15) is 5.56 Å². The number of rotatable bonds is 7. The number of aromatic amines is 1. The van der Waals surface area contributed by atoms with Gasteiger partial charge in [-0.25, -0.2) is 4.98 Å². The van der Waals surface area contributed by atoms with E-state index in [4.69, 9.17) is 20.9 Å². The van der Waals surface area contributed by atoms with Crippen molar-refractivity contribution < 1.29 is 8.95 Å². The zero-order valence-corrected chi connectivity index (χ0v) is 18.0. The van der Waals surface area contributed by atoms with Crippen LogP contribution in [0.3, 0.4) is 0 Å². The predicted octanol–water partition coefficient (Wildman–Crippen LogP) is 2.11. The Labute approximate surface area is 183 Å². The Bertz CT molecular complexity index is 1070. The van der Waals surface area contributed by atoms with Crippen LogP contribution in [0.5, 0.6) is 0 Å². The van der Waals surface area contributed by atoms with E-state index in [-0.39, 0.29) is 6.04 Å². The molecule has 0 spiro atoms. The number of pyridine rings is 1. The van der Waals surface area contributed by atoms with E-state index >= 15 is 0 Å². The summed E-state index contributed by atoms with van der Waals surface area (Å²) in [6, 6.07) is 11.3. The van der Waals surface area contributed by atoms with Crippen LogP contribution in [0.25, 0.3) is 11.1 Å². The summed E-state index contributed by atoms with van der Waals surface area (Å²) in [7, 11) is -1.06. The van der Waals surface area contributed by atoms with Crippen LogP contribution in [0, 0.1) is 5.41 Å². The average molecular weight is 440 g/mol. The number of benzene rings is 1. The third-order valence-corrected chi connectivity index (χ3v) is 6.17.